The molecule has 0 amide bonds. The molecule has 0 bridgehead atoms. The minimum Gasteiger partial charge on any atom is -0.312 e. The van der Waals surface area contributed by atoms with Crippen LogP contribution in [0.5, 0.6) is 0 Å². The monoisotopic (exact) mass is 374 g/mol. The summed E-state index contributed by atoms with van der Waals surface area (Å²) in [5, 5.41) is 7.61. The van der Waals surface area contributed by atoms with Crippen molar-refractivity contribution in [2.24, 2.45) is 10.3 Å². The number of aryl methyl sites for hydroxylation is 2. The second-order valence-corrected chi connectivity index (χ2v) is 6.20. The molecule has 1 aliphatic rings. The number of allylic oxidation sites excluding steroid dienone is 4. The first kappa shape index (κ1) is 19.0. The lowest BCUT2D eigenvalue weighted by Crippen LogP contribution is -2.07. The molecule has 0 N–H and O–H groups in total. The van der Waals surface area contributed by atoms with Crippen LogP contribution in [0.2, 0.25) is 0 Å². The molecule has 6 heteroatoms. The minimum atomic E-state index is -0.537. The maximum atomic E-state index is 12.0. The predicted octanol–water partition coefficient (Wildman–Crippen LogP) is 4.16. The highest BCUT2D eigenvalue weighted by Gasteiger charge is 2.09. The third kappa shape index (κ3) is 5.11. The van der Waals surface area contributed by atoms with Crippen LogP contribution >= 0.6 is 0 Å². The van der Waals surface area contributed by atoms with E-state index in [0.717, 1.165) is 11.1 Å². The SMILES string of the molecule is Cc1cccc(C(=O)ON=C2C=CC(=NOC(=O)c3cccc(C)c3)C=C2)c1. The number of carbonyl (C=O) groups excluding carboxylic acids is 2. The molecule has 2 aromatic carbocycles. The summed E-state index contributed by atoms with van der Waals surface area (Å²) < 4.78 is 0. The Morgan fingerprint density at radius 3 is 1.43 bits per heavy atom. The molecular weight excluding hydrogens is 356 g/mol. The average Bonchev–Trinajstić information content (AvgIpc) is 2.71. The lowest BCUT2D eigenvalue weighted by Gasteiger charge is -2.03. The van der Waals surface area contributed by atoms with E-state index >= 15 is 0 Å². The van der Waals surface area contributed by atoms with E-state index in [4.69, 9.17) is 9.68 Å². The fourth-order valence-electron chi connectivity index (χ4n) is 2.41. The highest BCUT2D eigenvalue weighted by atomic mass is 16.7. The maximum Gasteiger partial charge on any atom is 0.365 e. The standard InChI is InChI=1S/C22H18N2O4/c1-15-5-3-7-17(13-15)21(25)27-23-19-9-11-20(12-10-19)24-28-22(26)18-8-4-6-16(2)14-18/h3-14H,1-2H3. The van der Waals surface area contributed by atoms with Gasteiger partial charge in [0.1, 0.15) is 11.4 Å². The van der Waals surface area contributed by atoms with Gasteiger partial charge >= 0.3 is 11.9 Å². The summed E-state index contributed by atoms with van der Waals surface area (Å²) in [6.07, 6.45) is 6.40. The van der Waals surface area contributed by atoms with Crippen molar-refractivity contribution < 1.29 is 19.3 Å². The average molecular weight is 374 g/mol. The zero-order chi connectivity index (χ0) is 19.9. The van der Waals surface area contributed by atoms with Crippen molar-refractivity contribution in [1.82, 2.24) is 0 Å². The lowest BCUT2D eigenvalue weighted by atomic mass is 10.1. The molecule has 1 aliphatic carbocycles. The second-order valence-electron chi connectivity index (χ2n) is 6.20. The van der Waals surface area contributed by atoms with Crippen LogP contribution in [0, 0.1) is 13.8 Å². The lowest BCUT2D eigenvalue weighted by molar-refractivity contribution is 0.0508. The van der Waals surface area contributed by atoms with Crippen LogP contribution in [0.3, 0.4) is 0 Å². The maximum absolute atomic E-state index is 12.0. The van der Waals surface area contributed by atoms with Crippen LogP contribution in [-0.4, -0.2) is 23.4 Å². The van der Waals surface area contributed by atoms with E-state index in [-0.39, 0.29) is 0 Å². The summed E-state index contributed by atoms with van der Waals surface area (Å²) in [7, 11) is 0. The Morgan fingerprint density at radius 1 is 0.679 bits per heavy atom. The van der Waals surface area contributed by atoms with Crippen LogP contribution in [0.4, 0.5) is 0 Å². The Balaban J connectivity index is 1.57. The van der Waals surface area contributed by atoms with Gasteiger partial charge in [0, 0.05) is 0 Å². The van der Waals surface area contributed by atoms with E-state index in [1.54, 1.807) is 60.7 Å². The summed E-state index contributed by atoms with van der Waals surface area (Å²) in [4.78, 5) is 33.9. The topological polar surface area (TPSA) is 77.3 Å². The van der Waals surface area contributed by atoms with E-state index < -0.39 is 11.9 Å². The smallest absolute Gasteiger partial charge is 0.312 e. The van der Waals surface area contributed by atoms with Crippen molar-refractivity contribution >= 4 is 23.4 Å². The molecule has 6 nitrogen and oxygen atoms in total. The first-order valence-corrected chi connectivity index (χ1v) is 8.59. The molecule has 0 heterocycles. The van der Waals surface area contributed by atoms with Crippen molar-refractivity contribution in [3.8, 4) is 0 Å². The van der Waals surface area contributed by atoms with Gasteiger partial charge in [-0.3, -0.25) is 0 Å². The van der Waals surface area contributed by atoms with Gasteiger partial charge in [-0.25, -0.2) is 9.59 Å². The summed E-state index contributed by atoms with van der Waals surface area (Å²) in [6.45, 7) is 3.78. The van der Waals surface area contributed by atoms with E-state index in [9.17, 15) is 9.59 Å². The molecule has 0 radical (unpaired) electrons. The molecular formula is C22H18N2O4. The number of oxime groups is 2. The number of hydrogen-bond donors (Lipinski definition) is 0. The van der Waals surface area contributed by atoms with Crippen molar-refractivity contribution in [2.45, 2.75) is 13.8 Å². The third-order valence-corrected chi connectivity index (χ3v) is 3.83. The van der Waals surface area contributed by atoms with Gasteiger partial charge in [0.25, 0.3) is 0 Å². The largest absolute Gasteiger partial charge is 0.365 e. The van der Waals surface area contributed by atoms with E-state index in [0.29, 0.717) is 22.6 Å². The summed E-state index contributed by atoms with van der Waals surface area (Å²) >= 11 is 0. The zero-order valence-electron chi connectivity index (χ0n) is 15.5. The third-order valence-electron chi connectivity index (χ3n) is 3.83. The Kier molecular flexibility index (Phi) is 5.91. The molecule has 0 aromatic heterocycles. The number of benzene rings is 2. The molecule has 0 aliphatic heterocycles. The second kappa shape index (κ2) is 8.73. The normalized spacial score (nSPS) is 12.5. The highest BCUT2D eigenvalue weighted by molar-refractivity contribution is 6.18. The van der Waals surface area contributed by atoms with Crippen molar-refractivity contribution in [1.29, 1.82) is 0 Å². The van der Waals surface area contributed by atoms with Gasteiger partial charge in [0.2, 0.25) is 0 Å². The van der Waals surface area contributed by atoms with E-state index in [2.05, 4.69) is 10.3 Å². The zero-order valence-corrected chi connectivity index (χ0v) is 15.5. The van der Waals surface area contributed by atoms with Gasteiger partial charge in [0.15, 0.2) is 0 Å². The Labute approximate surface area is 162 Å². The fourth-order valence-corrected chi connectivity index (χ4v) is 2.41. The molecule has 0 saturated carbocycles. The quantitative estimate of drug-likeness (QED) is 0.457. The highest BCUT2D eigenvalue weighted by Crippen LogP contribution is 2.08. The van der Waals surface area contributed by atoms with Crippen molar-refractivity contribution in [3.05, 3.63) is 95.1 Å². The minimum absolute atomic E-state index is 0.429. The van der Waals surface area contributed by atoms with Gasteiger partial charge < -0.3 is 9.68 Å². The predicted molar refractivity (Wildman–Crippen MR) is 106 cm³/mol. The fraction of sp³-hybridized carbons (Fsp3) is 0.0909. The Bertz CT molecular complexity index is 933. The molecule has 0 unspecified atom stereocenters. The summed E-state index contributed by atoms with van der Waals surface area (Å²) in [5.74, 6) is -1.07. The van der Waals surface area contributed by atoms with Crippen molar-refractivity contribution in [3.63, 3.8) is 0 Å². The van der Waals surface area contributed by atoms with Crippen LogP contribution in [0.15, 0.2) is 83.1 Å². The molecule has 0 atom stereocenters. The molecule has 3 rings (SSSR count). The number of nitrogens with zero attached hydrogens (tertiary/aromatic N) is 2. The number of rotatable bonds is 4. The molecule has 0 fully saturated rings. The van der Waals surface area contributed by atoms with E-state index in [1.165, 1.54) is 0 Å². The molecule has 140 valence electrons. The van der Waals surface area contributed by atoms with Crippen molar-refractivity contribution in [2.75, 3.05) is 0 Å². The van der Waals surface area contributed by atoms with Gasteiger partial charge in [-0.2, -0.15) is 0 Å². The summed E-state index contributed by atoms with van der Waals surface area (Å²) in [6, 6.07) is 14.1. The molecule has 28 heavy (non-hydrogen) atoms. The van der Waals surface area contributed by atoms with Crippen LogP contribution < -0.4 is 0 Å². The summed E-state index contributed by atoms with van der Waals surface area (Å²) in [5.41, 5.74) is 3.65. The van der Waals surface area contributed by atoms with Gasteiger partial charge in [-0.05, 0) is 62.4 Å². The van der Waals surface area contributed by atoms with Crippen LogP contribution in [0.1, 0.15) is 31.8 Å². The van der Waals surface area contributed by atoms with Crippen LogP contribution in [0.25, 0.3) is 0 Å². The van der Waals surface area contributed by atoms with Gasteiger partial charge in [0.05, 0.1) is 11.1 Å². The van der Waals surface area contributed by atoms with Gasteiger partial charge in [-0.15, -0.1) is 0 Å². The van der Waals surface area contributed by atoms with Crippen LogP contribution in [-0.2, 0) is 9.68 Å². The van der Waals surface area contributed by atoms with Gasteiger partial charge in [-0.1, -0.05) is 45.7 Å². The molecule has 2 aromatic rings. The number of hydrogen-bond acceptors (Lipinski definition) is 6. The first-order chi connectivity index (χ1) is 13.5. The van der Waals surface area contributed by atoms with E-state index in [1.807, 2.05) is 26.0 Å². The first-order valence-electron chi connectivity index (χ1n) is 8.59. The molecule has 0 spiro atoms. The Morgan fingerprint density at radius 2 is 1.07 bits per heavy atom. The number of carbonyl (C=O) groups is 2. The molecule has 0 saturated heterocycles. The Hall–Kier alpha value is -3.80.